The molecule has 154 valence electrons. The van der Waals surface area contributed by atoms with Crippen molar-refractivity contribution in [3.05, 3.63) is 70.9 Å². The molecule has 0 aliphatic carbocycles. The second-order valence-corrected chi connectivity index (χ2v) is 7.92. The number of benzene rings is 2. The van der Waals surface area contributed by atoms with Crippen molar-refractivity contribution in [1.82, 2.24) is 9.97 Å². The summed E-state index contributed by atoms with van der Waals surface area (Å²) in [5, 5.41) is 6.23. The zero-order valence-corrected chi connectivity index (χ0v) is 17.7. The topological polar surface area (TPSA) is 70.2 Å². The Labute approximate surface area is 177 Å². The lowest BCUT2D eigenvalue weighted by Crippen LogP contribution is -2.19. The number of amides is 1. The summed E-state index contributed by atoms with van der Waals surface area (Å²) in [6, 6.07) is 15.5. The number of anilines is 4. The van der Waals surface area contributed by atoms with E-state index in [-0.39, 0.29) is 5.91 Å². The SMILES string of the molecule is Cc1cc(C)cc(C(=O)Nc2ccc(Nc3nc(C)cc(N4CCCC4)n3)cc2)c1. The van der Waals surface area contributed by atoms with Crippen LogP contribution in [0.2, 0.25) is 0 Å². The van der Waals surface area contributed by atoms with Crippen molar-refractivity contribution in [1.29, 1.82) is 0 Å². The van der Waals surface area contributed by atoms with Crippen LogP contribution in [0.15, 0.2) is 48.5 Å². The Morgan fingerprint density at radius 2 is 1.50 bits per heavy atom. The summed E-state index contributed by atoms with van der Waals surface area (Å²) < 4.78 is 0. The molecule has 0 unspecified atom stereocenters. The van der Waals surface area contributed by atoms with Gasteiger partial charge in [-0.3, -0.25) is 4.79 Å². The summed E-state index contributed by atoms with van der Waals surface area (Å²) in [4.78, 5) is 24.0. The van der Waals surface area contributed by atoms with E-state index >= 15 is 0 Å². The minimum absolute atomic E-state index is 0.111. The molecule has 1 amide bonds. The zero-order chi connectivity index (χ0) is 21.1. The van der Waals surface area contributed by atoms with Gasteiger partial charge in [-0.2, -0.15) is 4.98 Å². The van der Waals surface area contributed by atoms with E-state index in [1.807, 2.05) is 63.2 Å². The van der Waals surface area contributed by atoms with Gasteiger partial charge in [-0.1, -0.05) is 17.2 Å². The van der Waals surface area contributed by atoms with Crippen molar-refractivity contribution >= 4 is 29.0 Å². The molecular formula is C24H27N5O. The number of nitrogens with zero attached hydrogens (tertiary/aromatic N) is 3. The second kappa shape index (κ2) is 8.53. The van der Waals surface area contributed by atoms with E-state index in [0.29, 0.717) is 11.5 Å². The van der Waals surface area contributed by atoms with Crippen LogP contribution in [0.4, 0.5) is 23.1 Å². The average molecular weight is 402 g/mol. The number of aryl methyl sites for hydroxylation is 3. The molecule has 2 heterocycles. The minimum Gasteiger partial charge on any atom is -0.356 e. The van der Waals surface area contributed by atoms with Gasteiger partial charge in [0.05, 0.1) is 0 Å². The second-order valence-electron chi connectivity index (χ2n) is 7.92. The van der Waals surface area contributed by atoms with E-state index < -0.39 is 0 Å². The highest BCUT2D eigenvalue weighted by atomic mass is 16.1. The van der Waals surface area contributed by atoms with E-state index in [1.165, 1.54) is 12.8 Å². The van der Waals surface area contributed by atoms with Crippen LogP contribution in [0.5, 0.6) is 0 Å². The molecule has 0 atom stereocenters. The fourth-order valence-electron chi connectivity index (χ4n) is 3.79. The van der Waals surface area contributed by atoms with E-state index in [1.54, 1.807) is 0 Å². The Morgan fingerprint density at radius 3 is 2.17 bits per heavy atom. The first kappa shape index (κ1) is 19.9. The maximum Gasteiger partial charge on any atom is 0.255 e. The Balaban J connectivity index is 1.44. The Kier molecular flexibility index (Phi) is 5.65. The molecule has 2 aromatic carbocycles. The lowest BCUT2D eigenvalue weighted by Gasteiger charge is -2.17. The molecule has 0 saturated carbocycles. The average Bonchev–Trinajstić information content (AvgIpc) is 3.23. The first-order valence-corrected chi connectivity index (χ1v) is 10.3. The van der Waals surface area contributed by atoms with Gasteiger partial charge in [-0.15, -0.1) is 0 Å². The predicted molar refractivity (Wildman–Crippen MR) is 122 cm³/mol. The van der Waals surface area contributed by atoms with E-state index in [4.69, 9.17) is 0 Å². The molecule has 30 heavy (non-hydrogen) atoms. The molecule has 4 rings (SSSR count). The standard InChI is InChI=1S/C24H27N5O/c1-16-12-17(2)14-19(13-16)23(30)26-20-6-8-21(9-7-20)27-24-25-18(3)15-22(28-24)29-10-4-5-11-29/h6-9,12-15H,4-5,10-11H2,1-3H3,(H,26,30)(H,25,27,28). The van der Waals surface area contributed by atoms with Gasteiger partial charge in [0.15, 0.2) is 0 Å². The van der Waals surface area contributed by atoms with Crippen molar-refractivity contribution in [2.45, 2.75) is 33.6 Å². The molecule has 0 radical (unpaired) electrons. The van der Waals surface area contributed by atoms with Gasteiger partial charge in [-0.25, -0.2) is 4.98 Å². The molecule has 2 N–H and O–H groups in total. The van der Waals surface area contributed by atoms with Crippen molar-refractivity contribution < 1.29 is 4.79 Å². The number of hydrogen-bond donors (Lipinski definition) is 2. The van der Waals surface area contributed by atoms with Gasteiger partial charge in [0.2, 0.25) is 5.95 Å². The highest BCUT2D eigenvalue weighted by Crippen LogP contribution is 2.22. The molecule has 1 aliphatic heterocycles. The third kappa shape index (κ3) is 4.76. The van der Waals surface area contributed by atoms with Gasteiger partial charge < -0.3 is 15.5 Å². The zero-order valence-electron chi connectivity index (χ0n) is 17.7. The van der Waals surface area contributed by atoms with Crippen molar-refractivity contribution in [2.75, 3.05) is 28.6 Å². The monoisotopic (exact) mass is 401 g/mol. The van der Waals surface area contributed by atoms with E-state index in [0.717, 1.165) is 47.1 Å². The highest BCUT2D eigenvalue weighted by Gasteiger charge is 2.15. The normalized spacial score (nSPS) is 13.4. The van der Waals surface area contributed by atoms with Crippen molar-refractivity contribution in [3.63, 3.8) is 0 Å². The van der Waals surface area contributed by atoms with Crippen LogP contribution >= 0.6 is 0 Å². The number of nitrogens with one attached hydrogen (secondary N) is 2. The largest absolute Gasteiger partial charge is 0.356 e. The number of rotatable bonds is 5. The molecule has 6 heteroatoms. The molecule has 6 nitrogen and oxygen atoms in total. The molecule has 1 fully saturated rings. The maximum absolute atomic E-state index is 12.5. The molecular weight excluding hydrogens is 374 g/mol. The number of carbonyl (C=O) groups is 1. The summed E-state index contributed by atoms with van der Waals surface area (Å²) in [5.41, 5.74) is 5.37. The summed E-state index contributed by atoms with van der Waals surface area (Å²) in [6.45, 7) is 8.06. The van der Waals surface area contributed by atoms with E-state index in [9.17, 15) is 4.79 Å². The summed E-state index contributed by atoms with van der Waals surface area (Å²) >= 11 is 0. The van der Waals surface area contributed by atoms with Crippen LogP contribution in [-0.4, -0.2) is 29.0 Å². The minimum atomic E-state index is -0.111. The van der Waals surface area contributed by atoms with E-state index in [2.05, 4.69) is 31.6 Å². The third-order valence-electron chi connectivity index (χ3n) is 5.15. The number of carbonyl (C=O) groups excluding carboxylic acids is 1. The first-order valence-electron chi connectivity index (χ1n) is 10.3. The van der Waals surface area contributed by atoms with Crippen LogP contribution in [0.1, 0.15) is 40.0 Å². The number of hydrogen-bond acceptors (Lipinski definition) is 5. The van der Waals surface area contributed by atoms with Crippen LogP contribution in [0, 0.1) is 20.8 Å². The van der Waals surface area contributed by atoms with Gasteiger partial charge in [0, 0.05) is 41.8 Å². The van der Waals surface area contributed by atoms with Gasteiger partial charge in [0.1, 0.15) is 5.82 Å². The van der Waals surface area contributed by atoms with Crippen molar-refractivity contribution in [3.8, 4) is 0 Å². The van der Waals surface area contributed by atoms with Crippen LogP contribution in [0.25, 0.3) is 0 Å². The molecule has 3 aromatic rings. The highest BCUT2D eigenvalue weighted by molar-refractivity contribution is 6.04. The van der Waals surface area contributed by atoms with Crippen LogP contribution in [-0.2, 0) is 0 Å². The summed E-state index contributed by atoms with van der Waals surface area (Å²) in [5.74, 6) is 1.45. The maximum atomic E-state index is 12.5. The van der Waals surface area contributed by atoms with Gasteiger partial charge >= 0.3 is 0 Å². The Morgan fingerprint density at radius 1 is 0.867 bits per heavy atom. The van der Waals surface area contributed by atoms with Crippen molar-refractivity contribution in [2.24, 2.45) is 0 Å². The quantitative estimate of drug-likeness (QED) is 0.630. The van der Waals surface area contributed by atoms with Gasteiger partial charge in [-0.05, 0) is 70.0 Å². The fraction of sp³-hybridized carbons (Fsp3) is 0.292. The fourth-order valence-corrected chi connectivity index (χ4v) is 3.79. The number of aromatic nitrogens is 2. The molecule has 1 aliphatic rings. The molecule has 1 saturated heterocycles. The lowest BCUT2D eigenvalue weighted by atomic mass is 10.1. The van der Waals surface area contributed by atoms with Gasteiger partial charge in [0.25, 0.3) is 5.91 Å². The first-order chi connectivity index (χ1) is 14.5. The smallest absolute Gasteiger partial charge is 0.255 e. The molecule has 0 spiro atoms. The predicted octanol–water partition coefficient (Wildman–Crippen LogP) is 5.00. The summed E-state index contributed by atoms with van der Waals surface area (Å²) in [6.07, 6.45) is 2.42. The third-order valence-corrected chi connectivity index (χ3v) is 5.15. The molecule has 0 bridgehead atoms. The van der Waals surface area contributed by atoms with Crippen LogP contribution in [0.3, 0.4) is 0 Å². The summed E-state index contributed by atoms with van der Waals surface area (Å²) in [7, 11) is 0. The molecule has 1 aromatic heterocycles. The Hall–Kier alpha value is -3.41. The van der Waals surface area contributed by atoms with Crippen LogP contribution < -0.4 is 15.5 Å². The lowest BCUT2D eigenvalue weighted by molar-refractivity contribution is 0.102. The Bertz CT molecular complexity index is 1040.